The molecule has 1 aliphatic heterocycles. The lowest BCUT2D eigenvalue weighted by Gasteiger charge is -2.34. The molecular weight excluding hydrogens is 559 g/mol. The van der Waals surface area contributed by atoms with Crippen molar-refractivity contribution < 1.29 is 22.8 Å². The van der Waals surface area contributed by atoms with Gasteiger partial charge in [0.25, 0.3) is 11.8 Å². The van der Waals surface area contributed by atoms with Gasteiger partial charge in [0.1, 0.15) is 5.65 Å². The maximum Gasteiger partial charge on any atom is 0.416 e. The second-order valence-electron chi connectivity index (χ2n) is 10.6. The Labute approximate surface area is 247 Å². The number of H-pyrrole nitrogens is 1. The fourth-order valence-corrected chi connectivity index (χ4v) is 5.30. The number of rotatable bonds is 8. The summed E-state index contributed by atoms with van der Waals surface area (Å²) >= 11 is 0. The maximum absolute atomic E-state index is 14.1. The summed E-state index contributed by atoms with van der Waals surface area (Å²) in [5.41, 5.74) is 2.29. The summed E-state index contributed by atoms with van der Waals surface area (Å²) in [7, 11) is 1.71. The Hall–Kier alpha value is -4.42. The lowest BCUT2D eigenvalue weighted by molar-refractivity contribution is -0.138. The van der Waals surface area contributed by atoms with Crippen molar-refractivity contribution in [3.63, 3.8) is 0 Å². The normalized spacial score (nSPS) is 14.6. The third-order valence-electron chi connectivity index (χ3n) is 7.81. The Kier molecular flexibility index (Phi) is 8.69. The van der Waals surface area contributed by atoms with Gasteiger partial charge in [-0.05, 0) is 54.9 Å². The molecule has 1 fully saturated rings. The largest absolute Gasteiger partial charge is 0.416 e. The van der Waals surface area contributed by atoms with Gasteiger partial charge in [-0.15, -0.1) is 0 Å². The van der Waals surface area contributed by atoms with E-state index in [4.69, 9.17) is 0 Å². The van der Waals surface area contributed by atoms with E-state index in [0.29, 0.717) is 41.4 Å². The molecule has 3 heterocycles. The first kappa shape index (κ1) is 30.1. The minimum Gasteiger partial charge on any atom is -0.387 e. The van der Waals surface area contributed by atoms with E-state index in [9.17, 15) is 22.8 Å². The van der Waals surface area contributed by atoms with Gasteiger partial charge in [-0.2, -0.15) is 13.2 Å². The van der Waals surface area contributed by atoms with Crippen LogP contribution in [0.4, 0.5) is 30.2 Å². The first-order valence-corrected chi connectivity index (χ1v) is 14.1. The number of fused-ring (bicyclic) bond motifs is 1. The molecular formula is C31H34F3N7O2. The van der Waals surface area contributed by atoms with Gasteiger partial charge in [0.2, 0.25) is 0 Å². The number of nitrogens with zero attached hydrogens (tertiary/aromatic N) is 3. The molecule has 0 radical (unpaired) electrons. The van der Waals surface area contributed by atoms with Crippen LogP contribution in [0.5, 0.6) is 0 Å². The first-order chi connectivity index (χ1) is 20.6. The van der Waals surface area contributed by atoms with Gasteiger partial charge in [-0.3, -0.25) is 14.5 Å². The second-order valence-corrected chi connectivity index (χ2v) is 10.6. The van der Waals surface area contributed by atoms with Crippen LogP contribution in [0.2, 0.25) is 0 Å². The molecule has 226 valence electrons. The number of hydrogen-bond acceptors (Lipinski definition) is 6. The number of anilines is 3. The highest BCUT2D eigenvalue weighted by atomic mass is 19.4. The number of benzene rings is 2. The molecule has 0 unspecified atom stereocenters. The molecule has 4 aromatic rings. The predicted octanol–water partition coefficient (Wildman–Crippen LogP) is 5.57. The molecule has 0 atom stereocenters. The Morgan fingerprint density at radius 3 is 2.42 bits per heavy atom. The van der Waals surface area contributed by atoms with E-state index in [1.54, 1.807) is 38.4 Å². The standard InChI is InChI=1S/C31H34F3N7O2/c1-4-40-11-13-41(14-12-40)18-21-7-6-20(15-25(21)31(32,33)34)29(42)38-22-8-5-19(2)26(16-22)39-30(43)24-17-37-28-23(9-10-36-28)27(24)35-3/h5-10,15-17H,4,11-14,18H2,1-3H3,(H,38,42)(H,39,43)(H2,35,36,37). The van der Waals surface area contributed by atoms with Crippen molar-refractivity contribution in [2.24, 2.45) is 0 Å². The van der Waals surface area contributed by atoms with Crippen LogP contribution < -0.4 is 16.0 Å². The quantitative estimate of drug-likeness (QED) is 0.213. The number of aromatic nitrogens is 2. The fourth-order valence-electron chi connectivity index (χ4n) is 5.30. The molecule has 2 aromatic heterocycles. The van der Waals surface area contributed by atoms with E-state index in [-0.39, 0.29) is 17.7 Å². The molecule has 0 aliphatic carbocycles. The number of piperazine rings is 1. The summed E-state index contributed by atoms with van der Waals surface area (Å²) in [5.74, 6) is -1.10. The molecule has 0 bridgehead atoms. The van der Waals surface area contributed by atoms with E-state index >= 15 is 0 Å². The molecule has 4 N–H and O–H groups in total. The smallest absolute Gasteiger partial charge is 0.387 e. The number of aryl methyl sites for hydroxylation is 1. The highest BCUT2D eigenvalue weighted by molar-refractivity contribution is 6.12. The van der Waals surface area contributed by atoms with Crippen LogP contribution in [-0.4, -0.2) is 71.4 Å². The Morgan fingerprint density at radius 1 is 0.977 bits per heavy atom. The minimum atomic E-state index is -4.61. The van der Waals surface area contributed by atoms with Crippen molar-refractivity contribution in [2.75, 3.05) is 55.7 Å². The monoisotopic (exact) mass is 593 g/mol. The number of carbonyl (C=O) groups is 2. The van der Waals surface area contributed by atoms with E-state index in [0.717, 1.165) is 36.7 Å². The summed E-state index contributed by atoms with van der Waals surface area (Å²) in [4.78, 5) is 37.9. The lowest BCUT2D eigenvalue weighted by atomic mass is 10.0. The van der Waals surface area contributed by atoms with Crippen LogP contribution in [-0.2, 0) is 12.7 Å². The zero-order valence-electron chi connectivity index (χ0n) is 24.2. The van der Waals surface area contributed by atoms with Gasteiger partial charge in [-0.1, -0.05) is 19.1 Å². The van der Waals surface area contributed by atoms with E-state index < -0.39 is 23.6 Å². The van der Waals surface area contributed by atoms with E-state index in [2.05, 4.69) is 37.7 Å². The highest BCUT2D eigenvalue weighted by Crippen LogP contribution is 2.34. The lowest BCUT2D eigenvalue weighted by Crippen LogP contribution is -2.45. The summed E-state index contributed by atoms with van der Waals surface area (Å²) in [6.45, 7) is 7.94. The number of alkyl halides is 3. The molecule has 9 nitrogen and oxygen atoms in total. The summed E-state index contributed by atoms with van der Waals surface area (Å²) in [6, 6.07) is 10.4. The number of hydrogen-bond donors (Lipinski definition) is 4. The van der Waals surface area contributed by atoms with Crippen LogP contribution in [0.3, 0.4) is 0 Å². The van der Waals surface area contributed by atoms with Crippen LogP contribution >= 0.6 is 0 Å². The van der Waals surface area contributed by atoms with Crippen LogP contribution in [0.1, 0.15) is 44.3 Å². The number of aromatic amines is 1. The summed E-state index contributed by atoms with van der Waals surface area (Å²) < 4.78 is 42.2. The van der Waals surface area contributed by atoms with Gasteiger partial charge in [0.05, 0.1) is 16.8 Å². The van der Waals surface area contributed by atoms with Crippen molar-refractivity contribution in [1.82, 2.24) is 19.8 Å². The number of carbonyl (C=O) groups excluding carboxylic acids is 2. The third kappa shape index (κ3) is 6.65. The number of nitrogens with one attached hydrogen (secondary N) is 4. The number of likely N-dealkylation sites (N-methyl/N-ethyl adjacent to an activating group) is 1. The number of amides is 2. The Bertz CT molecular complexity index is 1640. The average Bonchev–Trinajstić information content (AvgIpc) is 3.47. The van der Waals surface area contributed by atoms with E-state index in [1.165, 1.54) is 18.3 Å². The second kappa shape index (κ2) is 12.4. The molecule has 2 aromatic carbocycles. The molecule has 0 saturated carbocycles. The van der Waals surface area contributed by atoms with Crippen molar-refractivity contribution >= 4 is 39.9 Å². The number of pyridine rings is 1. The molecule has 12 heteroatoms. The molecule has 0 spiro atoms. The van der Waals surface area contributed by atoms with Crippen molar-refractivity contribution in [3.8, 4) is 0 Å². The van der Waals surface area contributed by atoms with Crippen LogP contribution in [0.25, 0.3) is 11.0 Å². The SMILES string of the molecule is CCN1CCN(Cc2ccc(C(=O)Nc3ccc(C)c(NC(=O)c4cnc5[nH]ccc5c4NC)c3)cc2C(F)(F)F)CC1. The topological polar surface area (TPSA) is 105 Å². The third-order valence-corrected chi connectivity index (χ3v) is 7.81. The zero-order valence-corrected chi connectivity index (χ0v) is 24.2. The summed E-state index contributed by atoms with van der Waals surface area (Å²) in [5, 5.41) is 9.33. The first-order valence-electron chi connectivity index (χ1n) is 14.1. The Morgan fingerprint density at radius 2 is 1.72 bits per heavy atom. The maximum atomic E-state index is 14.1. The Balaban J connectivity index is 1.32. The molecule has 2 amide bonds. The molecule has 43 heavy (non-hydrogen) atoms. The van der Waals surface area contributed by atoms with Gasteiger partial charge in [-0.25, -0.2) is 4.98 Å². The average molecular weight is 594 g/mol. The van der Waals surface area contributed by atoms with Gasteiger partial charge >= 0.3 is 6.18 Å². The molecule has 1 aliphatic rings. The van der Waals surface area contributed by atoms with Gasteiger partial charge < -0.3 is 25.8 Å². The zero-order chi connectivity index (χ0) is 30.7. The minimum absolute atomic E-state index is 0.109. The molecule has 5 rings (SSSR count). The van der Waals surface area contributed by atoms with E-state index in [1.807, 2.05) is 11.0 Å². The molecule has 1 saturated heterocycles. The highest BCUT2D eigenvalue weighted by Gasteiger charge is 2.34. The van der Waals surface area contributed by atoms with Crippen molar-refractivity contribution in [1.29, 1.82) is 0 Å². The fraction of sp³-hybridized carbons (Fsp3) is 0.323. The van der Waals surface area contributed by atoms with Crippen molar-refractivity contribution in [2.45, 2.75) is 26.6 Å². The van der Waals surface area contributed by atoms with Crippen LogP contribution in [0, 0.1) is 6.92 Å². The van der Waals surface area contributed by atoms with Gasteiger partial charge in [0, 0.05) is 74.5 Å². The van der Waals surface area contributed by atoms with Gasteiger partial charge in [0.15, 0.2) is 0 Å². The summed E-state index contributed by atoms with van der Waals surface area (Å²) in [6.07, 6.45) is -1.41. The predicted molar refractivity (Wildman–Crippen MR) is 162 cm³/mol. The number of halogens is 3. The van der Waals surface area contributed by atoms with Crippen molar-refractivity contribution in [3.05, 3.63) is 82.7 Å². The van der Waals surface area contributed by atoms with Crippen LogP contribution in [0.15, 0.2) is 54.9 Å².